The molecule has 3 rings (SSSR count). The molecule has 3 N–H and O–H groups in total. The average Bonchev–Trinajstić information content (AvgIpc) is 2.76. The lowest BCUT2D eigenvalue weighted by Crippen LogP contribution is -2.48. The Morgan fingerprint density at radius 3 is 2.95 bits per heavy atom. The first kappa shape index (κ1) is 12.6. The quantitative estimate of drug-likeness (QED) is 0.740. The van der Waals surface area contributed by atoms with E-state index < -0.39 is 6.10 Å². The number of hydrogen-bond acceptors (Lipinski definition) is 3. The van der Waals surface area contributed by atoms with Gasteiger partial charge in [0.1, 0.15) is 0 Å². The minimum Gasteiger partial charge on any atom is -0.390 e. The fourth-order valence-electron chi connectivity index (χ4n) is 3.08. The highest BCUT2D eigenvalue weighted by Gasteiger charge is 2.33. The highest BCUT2D eigenvalue weighted by atomic mass is 16.3. The zero-order chi connectivity index (χ0) is 13.2. The first-order chi connectivity index (χ1) is 9.25. The fourth-order valence-corrected chi connectivity index (χ4v) is 3.08. The van der Waals surface area contributed by atoms with E-state index >= 15 is 0 Å². The number of aliphatic hydroxyl groups excluding tert-OH is 1. The number of rotatable bonds is 2. The van der Waals surface area contributed by atoms with Crippen LogP contribution in [0.5, 0.6) is 0 Å². The Balaban J connectivity index is 1.71. The molecule has 1 amide bonds. The molecule has 1 aromatic carbocycles. The molecule has 0 radical (unpaired) electrons. The monoisotopic (exact) mass is 260 g/mol. The zero-order valence-corrected chi connectivity index (χ0v) is 10.9. The van der Waals surface area contributed by atoms with Gasteiger partial charge in [0.25, 0.3) is 0 Å². The maximum Gasteiger partial charge on any atom is 0.237 e. The molecule has 1 aliphatic carbocycles. The van der Waals surface area contributed by atoms with Gasteiger partial charge in [-0.3, -0.25) is 4.79 Å². The molecule has 0 bridgehead atoms. The van der Waals surface area contributed by atoms with Gasteiger partial charge in [-0.15, -0.1) is 0 Å². The molecule has 0 aromatic heterocycles. The van der Waals surface area contributed by atoms with Crippen LogP contribution in [0, 0.1) is 0 Å². The van der Waals surface area contributed by atoms with Crippen molar-refractivity contribution in [2.24, 2.45) is 0 Å². The second-order valence-corrected chi connectivity index (χ2v) is 5.46. The number of carbonyl (C=O) groups is 1. The number of nitrogens with one attached hydrogen (secondary N) is 2. The smallest absolute Gasteiger partial charge is 0.237 e. The van der Waals surface area contributed by atoms with Crippen LogP contribution in [-0.4, -0.2) is 29.7 Å². The van der Waals surface area contributed by atoms with Crippen molar-refractivity contribution in [3.05, 3.63) is 35.4 Å². The third-order valence-corrected chi connectivity index (χ3v) is 4.13. The summed E-state index contributed by atoms with van der Waals surface area (Å²) < 4.78 is 0. The van der Waals surface area contributed by atoms with Gasteiger partial charge in [-0.05, 0) is 30.5 Å². The van der Waals surface area contributed by atoms with Crippen molar-refractivity contribution in [2.45, 2.75) is 43.9 Å². The van der Waals surface area contributed by atoms with E-state index in [2.05, 4.69) is 10.6 Å². The summed E-state index contributed by atoms with van der Waals surface area (Å²) in [6.45, 7) is 0.905. The lowest BCUT2D eigenvalue weighted by molar-refractivity contribution is -0.125. The molecule has 1 fully saturated rings. The van der Waals surface area contributed by atoms with Crippen molar-refractivity contribution in [1.29, 1.82) is 0 Å². The Morgan fingerprint density at radius 1 is 1.32 bits per heavy atom. The first-order valence-electron chi connectivity index (χ1n) is 7.05. The number of aliphatic hydroxyl groups is 1. The largest absolute Gasteiger partial charge is 0.390 e. The molecule has 1 saturated heterocycles. The maximum absolute atomic E-state index is 12.2. The van der Waals surface area contributed by atoms with Crippen LogP contribution in [-0.2, 0) is 11.2 Å². The van der Waals surface area contributed by atoms with Crippen molar-refractivity contribution in [1.82, 2.24) is 10.6 Å². The van der Waals surface area contributed by atoms with Gasteiger partial charge < -0.3 is 15.7 Å². The van der Waals surface area contributed by atoms with E-state index in [0.717, 1.165) is 36.9 Å². The van der Waals surface area contributed by atoms with Gasteiger partial charge in [0.15, 0.2) is 0 Å². The summed E-state index contributed by atoms with van der Waals surface area (Å²) in [5.74, 6) is 0.0143. The lowest BCUT2D eigenvalue weighted by atomic mass is 10.0. The van der Waals surface area contributed by atoms with Crippen molar-refractivity contribution in [3.63, 3.8) is 0 Å². The predicted molar refractivity (Wildman–Crippen MR) is 72.7 cm³/mol. The molecule has 1 aliphatic heterocycles. The third kappa shape index (κ3) is 2.51. The van der Waals surface area contributed by atoms with Crippen molar-refractivity contribution in [2.75, 3.05) is 6.54 Å². The molecule has 102 valence electrons. The topological polar surface area (TPSA) is 61.4 Å². The van der Waals surface area contributed by atoms with E-state index in [4.69, 9.17) is 0 Å². The summed E-state index contributed by atoms with van der Waals surface area (Å²) in [6.07, 6.45) is 3.23. The van der Waals surface area contributed by atoms with Gasteiger partial charge in [0.05, 0.1) is 18.2 Å². The Kier molecular flexibility index (Phi) is 3.53. The van der Waals surface area contributed by atoms with Gasteiger partial charge in [0.2, 0.25) is 5.91 Å². The van der Waals surface area contributed by atoms with Gasteiger partial charge in [-0.1, -0.05) is 30.7 Å². The number of fused-ring (bicyclic) bond motifs is 1. The lowest BCUT2D eigenvalue weighted by Gasteiger charge is -2.26. The van der Waals surface area contributed by atoms with Crippen molar-refractivity contribution in [3.8, 4) is 0 Å². The van der Waals surface area contributed by atoms with Crippen LogP contribution in [0.25, 0.3) is 0 Å². The summed E-state index contributed by atoms with van der Waals surface area (Å²) in [7, 11) is 0. The maximum atomic E-state index is 12.2. The molecule has 2 aliphatic rings. The Labute approximate surface area is 113 Å². The standard InChI is InChI=1S/C15H20N2O2/c18-13-9-10-5-1-2-6-11(10)14(13)17-15(19)12-7-3-4-8-16-12/h1-2,5-6,12-14,16,18H,3-4,7-9H2,(H,17,19)/t12-,13+,14-/m0/s1. The number of hydrogen-bond donors (Lipinski definition) is 3. The van der Waals surface area contributed by atoms with Crippen molar-refractivity contribution < 1.29 is 9.90 Å². The molecule has 0 saturated carbocycles. The van der Waals surface area contributed by atoms with Gasteiger partial charge in [0, 0.05) is 6.42 Å². The van der Waals surface area contributed by atoms with Crippen LogP contribution in [0.1, 0.15) is 36.4 Å². The first-order valence-corrected chi connectivity index (χ1v) is 7.05. The van der Waals surface area contributed by atoms with Crippen LogP contribution in [0.15, 0.2) is 24.3 Å². The Hall–Kier alpha value is -1.39. The van der Waals surface area contributed by atoms with Crippen LogP contribution in [0.4, 0.5) is 0 Å². The highest BCUT2D eigenvalue weighted by Crippen LogP contribution is 2.31. The summed E-state index contributed by atoms with van der Waals surface area (Å²) in [4.78, 5) is 12.2. The van der Waals surface area contributed by atoms with E-state index in [9.17, 15) is 9.90 Å². The van der Waals surface area contributed by atoms with Gasteiger partial charge in [-0.25, -0.2) is 0 Å². The molecule has 4 nitrogen and oxygen atoms in total. The average molecular weight is 260 g/mol. The molecule has 0 unspecified atom stereocenters. The summed E-state index contributed by atoms with van der Waals surface area (Å²) >= 11 is 0. The summed E-state index contributed by atoms with van der Waals surface area (Å²) in [6, 6.07) is 7.57. The Morgan fingerprint density at radius 2 is 2.16 bits per heavy atom. The van der Waals surface area contributed by atoms with Crippen LogP contribution in [0.2, 0.25) is 0 Å². The fraction of sp³-hybridized carbons (Fsp3) is 0.533. The zero-order valence-electron chi connectivity index (χ0n) is 10.9. The van der Waals surface area contributed by atoms with Crippen LogP contribution in [0.3, 0.4) is 0 Å². The molecule has 19 heavy (non-hydrogen) atoms. The molecule has 0 spiro atoms. The number of carbonyl (C=O) groups excluding carboxylic acids is 1. The second kappa shape index (κ2) is 5.31. The minimum absolute atomic E-state index is 0.0143. The molecule has 1 aromatic rings. The molecule has 1 heterocycles. The van der Waals surface area contributed by atoms with Crippen molar-refractivity contribution >= 4 is 5.91 Å². The van der Waals surface area contributed by atoms with E-state index in [1.165, 1.54) is 0 Å². The predicted octanol–water partition coefficient (Wildman–Crippen LogP) is 0.903. The van der Waals surface area contributed by atoms with Crippen LogP contribution >= 0.6 is 0 Å². The van der Waals surface area contributed by atoms with Gasteiger partial charge in [-0.2, -0.15) is 0 Å². The minimum atomic E-state index is -0.509. The normalized spacial score (nSPS) is 29.8. The highest BCUT2D eigenvalue weighted by molar-refractivity contribution is 5.82. The molecular weight excluding hydrogens is 240 g/mol. The third-order valence-electron chi connectivity index (χ3n) is 4.13. The molecule has 4 heteroatoms. The van der Waals surface area contributed by atoms with Crippen LogP contribution < -0.4 is 10.6 Å². The summed E-state index contributed by atoms with van der Waals surface area (Å²) in [5, 5.41) is 16.4. The number of piperidine rings is 1. The van der Waals surface area contributed by atoms with Gasteiger partial charge >= 0.3 is 0 Å². The number of amides is 1. The SMILES string of the molecule is O=C(N[C@H]1c2ccccc2C[C@H]1O)[C@@H]1CCCCN1. The molecule has 3 atom stereocenters. The number of benzene rings is 1. The van der Waals surface area contributed by atoms with E-state index in [-0.39, 0.29) is 18.0 Å². The van der Waals surface area contributed by atoms with E-state index in [1.54, 1.807) is 0 Å². The van der Waals surface area contributed by atoms with E-state index in [0.29, 0.717) is 6.42 Å². The summed E-state index contributed by atoms with van der Waals surface area (Å²) in [5.41, 5.74) is 2.19. The van der Waals surface area contributed by atoms with E-state index in [1.807, 2.05) is 24.3 Å². The second-order valence-electron chi connectivity index (χ2n) is 5.46. The molecular formula is C15H20N2O2. The Bertz CT molecular complexity index is 469.